The number of H-pyrrole nitrogens is 1. The van der Waals surface area contributed by atoms with E-state index in [4.69, 9.17) is 23.2 Å². The van der Waals surface area contributed by atoms with Gasteiger partial charge in [-0.05, 0) is 36.0 Å². The number of hydrogen-bond donors (Lipinski definition) is 2. The normalized spacial score (nSPS) is 26.0. The molecule has 1 saturated heterocycles. The Morgan fingerprint density at radius 1 is 1.20 bits per heavy atom. The Labute approximate surface area is 184 Å². The van der Waals surface area contributed by atoms with Gasteiger partial charge in [0.25, 0.3) is 5.56 Å². The SMILES string of the molecule is CC1CC(C)CN(c2nc3c(c(=O)[nH]2)C(c2ccc(Cl)cc2Cl)C(C#N)C(=O)N3)C1. The number of aromatic nitrogens is 2. The van der Waals surface area contributed by atoms with Crippen LogP contribution in [0.4, 0.5) is 11.8 Å². The Balaban J connectivity index is 1.84. The summed E-state index contributed by atoms with van der Waals surface area (Å²) in [6, 6.07) is 6.80. The Bertz CT molecular complexity index is 1100. The molecule has 1 fully saturated rings. The minimum absolute atomic E-state index is 0.173. The highest BCUT2D eigenvalue weighted by Crippen LogP contribution is 2.41. The number of carbonyl (C=O) groups excluding carboxylic acids is 1. The fourth-order valence-corrected chi connectivity index (χ4v) is 5.10. The highest BCUT2D eigenvalue weighted by molar-refractivity contribution is 6.35. The summed E-state index contributed by atoms with van der Waals surface area (Å²) in [5.41, 5.74) is 0.327. The van der Waals surface area contributed by atoms with Gasteiger partial charge in [-0.25, -0.2) is 0 Å². The van der Waals surface area contributed by atoms with Crippen molar-refractivity contribution in [3.8, 4) is 6.07 Å². The van der Waals surface area contributed by atoms with E-state index in [0.717, 1.165) is 19.5 Å². The molecule has 0 saturated carbocycles. The number of rotatable bonds is 2. The lowest BCUT2D eigenvalue weighted by Gasteiger charge is -2.36. The molecule has 2 N–H and O–H groups in total. The first kappa shape index (κ1) is 20.7. The molecule has 9 heteroatoms. The molecule has 0 bridgehead atoms. The summed E-state index contributed by atoms with van der Waals surface area (Å²) in [5.74, 6) is -0.930. The van der Waals surface area contributed by atoms with Gasteiger partial charge in [0.05, 0.1) is 11.6 Å². The highest BCUT2D eigenvalue weighted by Gasteiger charge is 2.41. The number of nitrogens with zero attached hydrogens (tertiary/aromatic N) is 3. The Morgan fingerprint density at radius 2 is 1.90 bits per heavy atom. The van der Waals surface area contributed by atoms with Crippen LogP contribution in [0.2, 0.25) is 10.0 Å². The summed E-state index contributed by atoms with van der Waals surface area (Å²) in [6.45, 7) is 5.87. The quantitative estimate of drug-likeness (QED) is 0.731. The first-order valence-corrected chi connectivity index (χ1v) is 10.6. The highest BCUT2D eigenvalue weighted by atomic mass is 35.5. The first-order chi connectivity index (χ1) is 14.3. The van der Waals surface area contributed by atoms with E-state index in [1.807, 2.05) is 11.0 Å². The largest absolute Gasteiger partial charge is 0.342 e. The number of benzene rings is 1. The first-order valence-electron chi connectivity index (χ1n) is 9.83. The molecule has 1 aromatic heterocycles. The summed E-state index contributed by atoms with van der Waals surface area (Å²) >= 11 is 12.4. The van der Waals surface area contributed by atoms with Crippen molar-refractivity contribution in [1.29, 1.82) is 5.26 Å². The molecule has 1 aromatic carbocycles. The van der Waals surface area contributed by atoms with Crippen LogP contribution in [0.15, 0.2) is 23.0 Å². The van der Waals surface area contributed by atoms with Crippen LogP contribution in [0.5, 0.6) is 0 Å². The molecule has 3 heterocycles. The average Bonchev–Trinajstić information content (AvgIpc) is 2.66. The van der Waals surface area contributed by atoms with E-state index >= 15 is 0 Å². The Morgan fingerprint density at radius 3 is 2.53 bits per heavy atom. The average molecular weight is 446 g/mol. The lowest BCUT2D eigenvalue weighted by molar-refractivity contribution is -0.119. The third-order valence-corrected chi connectivity index (χ3v) is 6.28. The van der Waals surface area contributed by atoms with Crippen molar-refractivity contribution in [3.05, 3.63) is 49.7 Å². The van der Waals surface area contributed by atoms with E-state index in [-0.39, 0.29) is 16.4 Å². The zero-order valence-corrected chi connectivity index (χ0v) is 18.1. The van der Waals surface area contributed by atoms with Crippen LogP contribution < -0.4 is 15.8 Å². The van der Waals surface area contributed by atoms with E-state index in [1.165, 1.54) is 6.07 Å². The van der Waals surface area contributed by atoms with Crippen LogP contribution in [0.25, 0.3) is 0 Å². The van der Waals surface area contributed by atoms with Crippen molar-refractivity contribution >= 4 is 40.9 Å². The molecule has 0 spiro atoms. The molecule has 30 heavy (non-hydrogen) atoms. The van der Waals surface area contributed by atoms with Gasteiger partial charge in [-0.2, -0.15) is 10.2 Å². The third-order valence-electron chi connectivity index (χ3n) is 5.72. The molecular weight excluding hydrogens is 425 g/mol. The van der Waals surface area contributed by atoms with E-state index in [0.29, 0.717) is 28.4 Å². The molecule has 4 unspecified atom stereocenters. The number of carbonyl (C=O) groups is 1. The number of aromatic amines is 1. The predicted molar refractivity (Wildman–Crippen MR) is 116 cm³/mol. The molecule has 2 aliphatic rings. The Hall–Kier alpha value is -2.56. The van der Waals surface area contributed by atoms with E-state index < -0.39 is 23.3 Å². The number of fused-ring (bicyclic) bond motifs is 1. The zero-order valence-electron chi connectivity index (χ0n) is 16.6. The van der Waals surface area contributed by atoms with Gasteiger partial charge < -0.3 is 10.2 Å². The summed E-state index contributed by atoms with van der Waals surface area (Å²) in [6.07, 6.45) is 1.11. The minimum atomic E-state index is -1.11. The summed E-state index contributed by atoms with van der Waals surface area (Å²) in [7, 11) is 0. The molecule has 2 aliphatic heterocycles. The second kappa shape index (κ2) is 7.93. The van der Waals surface area contributed by atoms with Crippen molar-refractivity contribution in [3.63, 3.8) is 0 Å². The molecule has 4 rings (SSSR count). The lowest BCUT2D eigenvalue weighted by Crippen LogP contribution is -2.43. The topological polar surface area (TPSA) is 102 Å². The van der Waals surface area contributed by atoms with Crippen molar-refractivity contribution in [1.82, 2.24) is 9.97 Å². The smallest absolute Gasteiger partial charge is 0.258 e. The maximum Gasteiger partial charge on any atom is 0.258 e. The van der Waals surface area contributed by atoms with Gasteiger partial charge in [0.1, 0.15) is 11.7 Å². The molecule has 0 aliphatic carbocycles. The van der Waals surface area contributed by atoms with Crippen molar-refractivity contribution in [2.24, 2.45) is 17.8 Å². The molecular formula is C21H21Cl2N5O2. The number of nitriles is 1. The lowest BCUT2D eigenvalue weighted by atomic mass is 9.79. The van der Waals surface area contributed by atoms with Gasteiger partial charge in [-0.3, -0.25) is 14.6 Å². The summed E-state index contributed by atoms with van der Waals surface area (Å²) in [5, 5.41) is 13.0. The van der Waals surface area contributed by atoms with Gasteiger partial charge in [0.15, 0.2) is 0 Å². The second-order valence-corrected chi connectivity index (χ2v) is 9.09. The Kier molecular flexibility index (Phi) is 5.48. The van der Waals surface area contributed by atoms with Crippen molar-refractivity contribution in [2.45, 2.75) is 26.2 Å². The maximum absolute atomic E-state index is 13.2. The number of hydrogen-bond acceptors (Lipinski definition) is 5. The fourth-order valence-electron chi connectivity index (χ4n) is 4.57. The van der Waals surface area contributed by atoms with E-state index in [9.17, 15) is 14.9 Å². The van der Waals surface area contributed by atoms with Crippen molar-refractivity contribution < 1.29 is 4.79 Å². The van der Waals surface area contributed by atoms with Crippen LogP contribution in [0.1, 0.15) is 37.3 Å². The summed E-state index contributed by atoms with van der Waals surface area (Å²) < 4.78 is 0. The predicted octanol–water partition coefficient (Wildman–Crippen LogP) is 3.78. The zero-order chi connectivity index (χ0) is 21.6. The van der Waals surface area contributed by atoms with Crippen molar-refractivity contribution in [2.75, 3.05) is 23.3 Å². The third kappa shape index (κ3) is 3.66. The molecule has 4 atom stereocenters. The molecule has 0 radical (unpaired) electrons. The molecule has 2 aromatic rings. The minimum Gasteiger partial charge on any atom is -0.342 e. The molecule has 1 amide bonds. The standard InChI is InChI=1S/C21H21Cl2N5O2/c1-10-5-11(2)9-28(8-10)21-26-18-17(20(30)27-21)16(14(7-24)19(29)25-18)13-4-3-12(22)6-15(13)23/h3-4,6,10-11,14,16H,5,8-9H2,1-2H3,(H2,25,26,27,29,30). The van der Waals surface area contributed by atoms with Gasteiger partial charge in [0, 0.05) is 29.1 Å². The van der Waals surface area contributed by atoms with Crippen LogP contribution in [0.3, 0.4) is 0 Å². The number of halogens is 2. The second-order valence-electron chi connectivity index (χ2n) is 8.24. The monoisotopic (exact) mass is 445 g/mol. The number of nitrogens with one attached hydrogen (secondary N) is 2. The number of amides is 1. The van der Waals surface area contributed by atoms with Crippen LogP contribution in [-0.4, -0.2) is 29.0 Å². The summed E-state index contributed by atoms with van der Waals surface area (Å²) in [4.78, 5) is 35.3. The number of anilines is 2. The van der Waals surface area contributed by atoms with E-state index in [1.54, 1.807) is 12.1 Å². The van der Waals surface area contributed by atoms with Gasteiger partial charge >= 0.3 is 0 Å². The fraction of sp³-hybridized carbons (Fsp3) is 0.429. The van der Waals surface area contributed by atoms with Gasteiger partial charge in [-0.1, -0.05) is 43.1 Å². The van der Waals surface area contributed by atoms with Gasteiger partial charge in [-0.15, -0.1) is 0 Å². The van der Waals surface area contributed by atoms with Crippen LogP contribution in [0, 0.1) is 29.1 Å². The van der Waals surface area contributed by atoms with E-state index in [2.05, 4.69) is 29.1 Å². The number of piperidine rings is 1. The maximum atomic E-state index is 13.2. The van der Waals surface area contributed by atoms with Gasteiger partial charge in [0.2, 0.25) is 11.9 Å². The van der Waals surface area contributed by atoms with Crippen LogP contribution >= 0.6 is 23.2 Å². The van der Waals surface area contributed by atoms with Crippen LogP contribution in [-0.2, 0) is 4.79 Å². The molecule has 156 valence electrons. The molecule has 7 nitrogen and oxygen atoms in total.